The summed E-state index contributed by atoms with van der Waals surface area (Å²) in [6.07, 6.45) is 0. The molecular formula is C16H20N2O3S2. The van der Waals surface area contributed by atoms with Crippen LogP contribution in [0.4, 0.5) is 5.69 Å². The molecule has 0 unspecified atom stereocenters. The van der Waals surface area contributed by atoms with Gasteiger partial charge in [0.2, 0.25) is 5.91 Å². The molecule has 23 heavy (non-hydrogen) atoms. The molecule has 0 aliphatic heterocycles. The molecule has 1 heterocycles. The highest BCUT2D eigenvalue weighted by molar-refractivity contribution is 7.91. The van der Waals surface area contributed by atoms with Gasteiger partial charge in [-0.25, -0.2) is 8.42 Å². The lowest BCUT2D eigenvalue weighted by molar-refractivity contribution is -0.116. The fourth-order valence-electron chi connectivity index (χ4n) is 2.00. The van der Waals surface area contributed by atoms with E-state index >= 15 is 0 Å². The van der Waals surface area contributed by atoms with Crippen LogP contribution in [-0.4, -0.2) is 32.2 Å². The fourth-order valence-corrected chi connectivity index (χ4v) is 4.33. The second-order valence-electron chi connectivity index (χ2n) is 5.52. The Morgan fingerprint density at radius 3 is 2.39 bits per heavy atom. The number of anilines is 1. The number of nitrogens with one attached hydrogen (secondary N) is 1. The van der Waals surface area contributed by atoms with E-state index in [0.717, 1.165) is 15.6 Å². The lowest BCUT2D eigenvalue weighted by Gasteiger charge is -2.16. The maximum atomic E-state index is 12.3. The van der Waals surface area contributed by atoms with E-state index in [-0.39, 0.29) is 16.7 Å². The van der Waals surface area contributed by atoms with E-state index < -0.39 is 10.0 Å². The zero-order valence-electron chi connectivity index (χ0n) is 13.3. The topological polar surface area (TPSA) is 66.5 Å². The predicted octanol–water partition coefficient (Wildman–Crippen LogP) is 3.13. The minimum absolute atomic E-state index is 0.230. The molecule has 0 radical (unpaired) electrons. The third-order valence-electron chi connectivity index (χ3n) is 3.39. The van der Waals surface area contributed by atoms with Gasteiger partial charge in [-0.2, -0.15) is 4.31 Å². The van der Waals surface area contributed by atoms with Gasteiger partial charge in [-0.1, -0.05) is 32.0 Å². The minimum atomic E-state index is -3.61. The van der Waals surface area contributed by atoms with Crippen molar-refractivity contribution in [2.75, 3.05) is 18.9 Å². The largest absolute Gasteiger partial charge is 0.325 e. The molecule has 124 valence electrons. The summed E-state index contributed by atoms with van der Waals surface area (Å²) in [5.41, 5.74) is 1.83. The van der Waals surface area contributed by atoms with Crippen molar-refractivity contribution in [2.24, 2.45) is 0 Å². The quantitative estimate of drug-likeness (QED) is 0.868. The highest BCUT2D eigenvalue weighted by Gasteiger charge is 2.23. The normalized spacial score (nSPS) is 11.9. The smallest absolute Gasteiger partial charge is 0.252 e. The number of carbonyl (C=O) groups is 1. The summed E-state index contributed by atoms with van der Waals surface area (Å²) in [5.74, 6) is 0.0479. The van der Waals surface area contributed by atoms with Crippen LogP contribution >= 0.6 is 11.3 Å². The van der Waals surface area contributed by atoms with Crippen LogP contribution in [0.1, 0.15) is 25.3 Å². The number of sulfonamides is 1. The van der Waals surface area contributed by atoms with Gasteiger partial charge in [-0.3, -0.25) is 4.79 Å². The maximum Gasteiger partial charge on any atom is 0.252 e. The number of likely N-dealkylation sites (N-methyl/N-ethyl adjacent to an activating group) is 1. The van der Waals surface area contributed by atoms with Gasteiger partial charge < -0.3 is 5.32 Å². The van der Waals surface area contributed by atoms with Gasteiger partial charge in [-0.05, 0) is 35.1 Å². The van der Waals surface area contributed by atoms with Gasteiger partial charge in [-0.15, -0.1) is 11.3 Å². The van der Waals surface area contributed by atoms with Gasteiger partial charge >= 0.3 is 0 Å². The van der Waals surface area contributed by atoms with E-state index in [1.54, 1.807) is 11.4 Å². The molecule has 0 aliphatic rings. The first kappa shape index (κ1) is 17.7. The third kappa shape index (κ3) is 4.40. The van der Waals surface area contributed by atoms with Crippen molar-refractivity contribution in [1.29, 1.82) is 0 Å². The number of nitrogens with zero attached hydrogens (tertiary/aromatic N) is 1. The molecular weight excluding hydrogens is 332 g/mol. The van der Waals surface area contributed by atoms with Crippen molar-refractivity contribution in [2.45, 2.75) is 24.0 Å². The average molecular weight is 352 g/mol. The molecule has 7 heteroatoms. The fraction of sp³-hybridized carbons (Fsp3) is 0.312. The monoisotopic (exact) mass is 352 g/mol. The van der Waals surface area contributed by atoms with Gasteiger partial charge in [0.25, 0.3) is 10.0 Å². The van der Waals surface area contributed by atoms with Gasteiger partial charge in [0.1, 0.15) is 4.21 Å². The highest BCUT2D eigenvalue weighted by atomic mass is 32.2. The number of carbonyl (C=O) groups excluding carboxylic acids is 1. The maximum absolute atomic E-state index is 12.3. The Bertz CT molecular complexity index is 751. The van der Waals surface area contributed by atoms with Crippen LogP contribution in [0.25, 0.3) is 0 Å². The van der Waals surface area contributed by atoms with E-state index in [1.165, 1.54) is 18.7 Å². The lowest BCUT2D eigenvalue weighted by atomic mass is 10.0. The number of hydrogen-bond donors (Lipinski definition) is 1. The molecule has 0 saturated carbocycles. The Kier molecular flexibility index (Phi) is 5.56. The van der Waals surface area contributed by atoms with Crippen molar-refractivity contribution < 1.29 is 13.2 Å². The van der Waals surface area contributed by atoms with Crippen LogP contribution in [-0.2, 0) is 14.8 Å². The highest BCUT2D eigenvalue weighted by Crippen LogP contribution is 2.20. The molecule has 1 N–H and O–H groups in total. The molecule has 1 amide bonds. The molecule has 0 saturated heterocycles. The van der Waals surface area contributed by atoms with Crippen LogP contribution in [0.3, 0.4) is 0 Å². The number of amides is 1. The zero-order chi connectivity index (χ0) is 17.0. The minimum Gasteiger partial charge on any atom is -0.325 e. The standard InChI is InChI=1S/C16H20N2O3S2/c1-12(2)13-6-8-14(9-7-13)17-15(19)11-18(3)23(20,21)16-5-4-10-22-16/h4-10,12H,11H2,1-3H3,(H,17,19). The van der Waals surface area contributed by atoms with Crippen LogP contribution in [0.15, 0.2) is 46.0 Å². The Balaban J connectivity index is 1.99. The SMILES string of the molecule is CC(C)c1ccc(NC(=O)CN(C)S(=O)(=O)c2cccs2)cc1. The number of benzene rings is 1. The Hall–Kier alpha value is -1.70. The molecule has 5 nitrogen and oxygen atoms in total. The first-order valence-corrected chi connectivity index (χ1v) is 9.52. The first-order valence-electron chi connectivity index (χ1n) is 7.20. The Labute approximate surface area is 141 Å². The Morgan fingerprint density at radius 1 is 1.22 bits per heavy atom. The van der Waals surface area contributed by atoms with Crippen LogP contribution in [0.5, 0.6) is 0 Å². The molecule has 0 aliphatic carbocycles. The second kappa shape index (κ2) is 7.25. The number of hydrogen-bond acceptors (Lipinski definition) is 4. The summed E-state index contributed by atoms with van der Waals surface area (Å²) >= 11 is 1.13. The van der Waals surface area contributed by atoms with Crippen molar-refractivity contribution in [3.8, 4) is 0 Å². The van der Waals surface area contributed by atoms with Crippen LogP contribution < -0.4 is 5.32 Å². The van der Waals surface area contributed by atoms with Crippen molar-refractivity contribution >= 4 is 33.0 Å². The van der Waals surface area contributed by atoms with Gasteiger partial charge in [0, 0.05) is 12.7 Å². The van der Waals surface area contributed by atoms with Crippen LogP contribution in [0.2, 0.25) is 0 Å². The molecule has 2 aromatic rings. The molecule has 1 aromatic carbocycles. The summed E-state index contributed by atoms with van der Waals surface area (Å²) in [4.78, 5) is 12.0. The molecule has 0 fully saturated rings. The summed E-state index contributed by atoms with van der Waals surface area (Å²) in [6.45, 7) is 3.96. The summed E-state index contributed by atoms with van der Waals surface area (Å²) in [6, 6.07) is 10.7. The van der Waals surface area contributed by atoms with Crippen molar-refractivity contribution in [1.82, 2.24) is 4.31 Å². The molecule has 1 aromatic heterocycles. The van der Waals surface area contributed by atoms with E-state index in [0.29, 0.717) is 11.6 Å². The molecule has 0 spiro atoms. The first-order chi connectivity index (χ1) is 10.8. The number of rotatable bonds is 6. The Morgan fingerprint density at radius 2 is 1.87 bits per heavy atom. The van der Waals surface area contributed by atoms with Gasteiger partial charge in [0.15, 0.2) is 0 Å². The number of thiophene rings is 1. The van der Waals surface area contributed by atoms with E-state index in [4.69, 9.17) is 0 Å². The van der Waals surface area contributed by atoms with Crippen molar-refractivity contribution in [3.05, 3.63) is 47.3 Å². The zero-order valence-corrected chi connectivity index (χ0v) is 14.9. The lowest BCUT2D eigenvalue weighted by Crippen LogP contribution is -2.34. The predicted molar refractivity (Wildman–Crippen MR) is 93.3 cm³/mol. The van der Waals surface area contributed by atoms with Crippen LogP contribution in [0, 0.1) is 0 Å². The van der Waals surface area contributed by atoms with E-state index in [9.17, 15) is 13.2 Å². The molecule has 2 rings (SSSR count). The van der Waals surface area contributed by atoms with E-state index in [1.807, 2.05) is 24.3 Å². The second-order valence-corrected chi connectivity index (χ2v) is 8.74. The summed E-state index contributed by atoms with van der Waals surface area (Å²) in [5, 5.41) is 4.41. The molecule has 0 atom stereocenters. The van der Waals surface area contributed by atoms with Crippen molar-refractivity contribution in [3.63, 3.8) is 0 Å². The van der Waals surface area contributed by atoms with E-state index in [2.05, 4.69) is 19.2 Å². The molecule has 0 bridgehead atoms. The third-order valence-corrected chi connectivity index (χ3v) is 6.56. The summed E-state index contributed by atoms with van der Waals surface area (Å²) in [7, 11) is -2.21. The average Bonchev–Trinajstić information content (AvgIpc) is 3.02. The summed E-state index contributed by atoms with van der Waals surface area (Å²) < 4.78 is 25.8. The van der Waals surface area contributed by atoms with Gasteiger partial charge in [0.05, 0.1) is 6.54 Å².